The van der Waals surface area contributed by atoms with Crippen LogP contribution in [0.5, 0.6) is 0 Å². The summed E-state index contributed by atoms with van der Waals surface area (Å²) in [6, 6.07) is 6.16. The summed E-state index contributed by atoms with van der Waals surface area (Å²) in [5, 5.41) is 11.0. The van der Waals surface area contributed by atoms with E-state index in [1.54, 1.807) is 7.11 Å². The van der Waals surface area contributed by atoms with Crippen molar-refractivity contribution in [3.63, 3.8) is 0 Å². The molecular formula is C17H21N7O2. The molecule has 0 bridgehead atoms. The van der Waals surface area contributed by atoms with Crippen molar-refractivity contribution in [2.45, 2.75) is 25.3 Å². The number of rotatable bonds is 7. The van der Waals surface area contributed by atoms with Gasteiger partial charge in [0.2, 0.25) is 11.3 Å². The predicted octanol–water partition coefficient (Wildman–Crippen LogP) is 2.20. The van der Waals surface area contributed by atoms with Crippen molar-refractivity contribution in [1.82, 2.24) is 25.3 Å². The molecule has 1 fully saturated rings. The number of anilines is 2. The lowest BCUT2D eigenvalue weighted by Gasteiger charge is -2.26. The summed E-state index contributed by atoms with van der Waals surface area (Å²) >= 11 is 0. The summed E-state index contributed by atoms with van der Waals surface area (Å²) in [6.07, 6.45) is 4.79. The lowest BCUT2D eigenvalue weighted by molar-refractivity contribution is 0.198. The highest BCUT2D eigenvalue weighted by Gasteiger charge is 2.31. The maximum absolute atomic E-state index is 5.11. The van der Waals surface area contributed by atoms with E-state index in [-0.39, 0.29) is 6.04 Å². The molecule has 0 saturated carbocycles. The smallest absolute Gasteiger partial charge is 0.245 e. The summed E-state index contributed by atoms with van der Waals surface area (Å²) < 4.78 is 9.90. The summed E-state index contributed by atoms with van der Waals surface area (Å²) in [7, 11) is 1.69. The van der Waals surface area contributed by atoms with Crippen LogP contribution in [0.25, 0.3) is 11.3 Å². The summed E-state index contributed by atoms with van der Waals surface area (Å²) in [4.78, 5) is 16.0. The average molecular weight is 355 g/mol. The minimum absolute atomic E-state index is 0.169. The first-order valence-electron chi connectivity index (χ1n) is 8.77. The van der Waals surface area contributed by atoms with Crippen LogP contribution in [0.4, 0.5) is 11.6 Å². The van der Waals surface area contributed by atoms with Crippen molar-refractivity contribution < 1.29 is 9.37 Å². The van der Waals surface area contributed by atoms with Crippen LogP contribution in [0.3, 0.4) is 0 Å². The molecule has 1 saturated heterocycles. The van der Waals surface area contributed by atoms with E-state index in [0.717, 1.165) is 43.9 Å². The molecule has 26 heavy (non-hydrogen) atoms. The second kappa shape index (κ2) is 7.61. The Kier molecular flexibility index (Phi) is 4.87. The van der Waals surface area contributed by atoms with E-state index >= 15 is 0 Å². The molecule has 9 heteroatoms. The third-order valence-corrected chi connectivity index (χ3v) is 4.47. The minimum Gasteiger partial charge on any atom is -0.385 e. The minimum atomic E-state index is 0.169. The molecule has 0 aliphatic carbocycles. The monoisotopic (exact) mass is 355 g/mol. The van der Waals surface area contributed by atoms with E-state index in [1.165, 1.54) is 0 Å². The molecule has 3 aromatic heterocycles. The molecule has 0 aromatic carbocycles. The molecule has 136 valence electrons. The Morgan fingerprint density at radius 2 is 2.15 bits per heavy atom. The third-order valence-electron chi connectivity index (χ3n) is 4.47. The fourth-order valence-electron chi connectivity index (χ4n) is 3.27. The van der Waals surface area contributed by atoms with Gasteiger partial charge >= 0.3 is 0 Å². The third kappa shape index (κ3) is 3.30. The largest absolute Gasteiger partial charge is 0.385 e. The Morgan fingerprint density at radius 3 is 2.96 bits per heavy atom. The number of hydrogen-bond donors (Lipinski definition) is 1. The van der Waals surface area contributed by atoms with Gasteiger partial charge in [-0.1, -0.05) is 6.07 Å². The van der Waals surface area contributed by atoms with Gasteiger partial charge in [-0.3, -0.25) is 4.98 Å². The van der Waals surface area contributed by atoms with Gasteiger partial charge in [0.05, 0.1) is 11.7 Å². The van der Waals surface area contributed by atoms with Crippen molar-refractivity contribution in [2.24, 2.45) is 0 Å². The second-order valence-electron chi connectivity index (χ2n) is 6.19. The number of hydrogen-bond acceptors (Lipinski definition) is 9. The molecule has 1 N–H and O–H groups in total. The fourth-order valence-corrected chi connectivity index (χ4v) is 3.27. The van der Waals surface area contributed by atoms with E-state index in [9.17, 15) is 0 Å². The average Bonchev–Trinajstić information content (AvgIpc) is 3.34. The standard InChI is InChI=1S/C17H21N7O2/c1-25-11-5-9-19-16-17(21-15-14(20-16)22-26-23-15)24-10-4-7-13(24)12-6-2-3-8-18-12/h2-3,6,8,13H,4-5,7,9-11H2,1H3,(H,19,20,22). The van der Waals surface area contributed by atoms with Crippen molar-refractivity contribution in [3.05, 3.63) is 30.1 Å². The van der Waals surface area contributed by atoms with Crippen LogP contribution in [0, 0.1) is 0 Å². The van der Waals surface area contributed by atoms with Gasteiger partial charge < -0.3 is 15.0 Å². The second-order valence-corrected chi connectivity index (χ2v) is 6.19. The summed E-state index contributed by atoms with van der Waals surface area (Å²) in [6.45, 7) is 2.30. The highest BCUT2D eigenvalue weighted by Crippen LogP contribution is 2.37. The van der Waals surface area contributed by atoms with Gasteiger partial charge in [0.1, 0.15) is 0 Å². The van der Waals surface area contributed by atoms with Crippen LogP contribution in [0.2, 0.25) is 0 Å². The van der Waals surface area contributed by atoms with Gasteiger partial charge in [0.25, 0.3) is 0 Å². The van der Waals surface area contributed by atoms with Gasteiger partial charge in [-0.25, -0.2) is 14.6 Å². The van der Waals surface area contributed by atoms with Crippen molar-refractivity contribution >= 4 is 22.9 Å². The Hall–Kier alpha value is -2.81. The Labute approximate surface area is 150 Å². The molecule has 3 aromatic rings. The van der Waals surface area contributed by atoms with E-state index in [2.05, 4.69) is 41.5 Å². The lowest BCUT2D eigenvalue weighted by Crippen LogP contribution is -2.26. The lowest BCUT2D eigenvalue weighted by atomic mass is 10.1. The molecule has 4 rings (SSSR count). The molecule has 0 amide bonds. The topological polar surface area (TPSA) is 102 Å². The number of methoxy groups -OCH3 is 1. The Morgan fingerprint density at radius 1 is 1.27 bits per heavy atom. The van der Waals surface area contributed by atoms with Crippen LogP contribution >= 0.6 is 0 Å². The van der Waals surface area contributed by atoms with E-state index in [1.807, 2.05) is 18.3 Å². The van der Waals surface area contributed by atoms with Crippen molar-refractivity contribution in [3.8, 4) is 0 Å². The number of fused-ring (bicyclic) bond motifs is 1. The van der Waals surface area contributed by atoms with Crippen LogP contribution in [-0.4, -0.2) is 52.1 Å². The van der Waals surface area contributed by atoms with Gasteiger partial charge in [-0.05, 0) is 41.7 Å². The number of nitrogens with one attached hydrogen (secondary N) is 1. The van der Waals surface area contributed by atoms with Crippen LogP contribution in [0.15, 0.2) is 29.0 Å². The SMILES string of the molecule is COCCCNc1nc2nonc2nc1N1CCCC1c1ccccn1. The maximum atomic E-state index is 5.11. The molecule has 1 aliphatic heterocycles. The molecule has 0 radical (unpaired) electrons. The number of nitrogens with zero attached hydrogens (tertiary/aromatic N) is 6. The first-order chi connectivity index (χ1) is 12.9. The van der Waals surface area contributed by atoms with Crippen molar-refractivity contribution in [1.29, 1.82) is 0 Å². The van der Waals surface area contributed by atoms with Gasteiger partial charge in [0, 0.05) is 33.0 Å². The predicted molar refractivity (Wildman–Crippen MR) is 95.9 cm³/mol. The van der Waals surface area contributed by atoms with Gasteiger partial charge in [-0.15, -0.1) is 0 Å². The van der Waals surface area contributed by atoms with E-state index in [4.69, 9.17) is 9.37 Å². The molecular weight excluding hydrogens is 334 g/mol. The van der Waals surface area contributed by atoms with Crippen molar-refractivity contribution in [2.75, 3.05) is 37.0 Å². The Balaban J connectivity index is 1.66. The Bertz CT molecular complexity index is 855. The molecule has 1 unspecified atom stereocenters. The van der Waals surface area contributed by atoms with Gasteiger partial charge in [0.15, 0.2) is 11.6 Å². The first-order valence-corrected chi connectivity index (χ1v) is 8.77. The first kappa shape index (κ1) is 16.6. The zero-order chi connectivity index (χ0) is 17.8. The molecule has 1 atom stereocenters. The zero-order valence-corrected chi connectivity index (χ0v) is 14.6. The number of ether oxygens (including phenoxy) is 1. The zero-order valence-electron chi connectivity index (χ0n) is 14.6. The highest BCUT2D eigenvalue weighted by atomic mass is 16.6. The number of pyridine rings is 1. The molecule has 9 nitrogen and oxygen atoms in total. The van der Waals surface area contributed by atoms with Crippen LogP contribution in [0.1, 0.15) is 31.0 Å². The highest BCUT2D eigenvalue weighted by molar-refractivity contribution is 5.74. The van der Waals surface area contributed by atoms with E-state index in [0.29, 0.717) is 23.7 Å². The van der Waals surface area contributed by atoms with E-state index < -0.39 is 0 Å². The van der Waals surface area contributed by atoms with Gasteiger partial charge in [-0.2, -0.15) is 0 Å². The van der Waals surface area contributed by atoms with Crippen LogP contribution < -0.4 is 10.2 Å². The summed E-state index contributed by atoms with van der Waals surface area (Å²) in [5.74, 6) is 1.45. The molecule has 4 heterocycles. The maximum Gasteiger partial charge on any atom is 0.245 e. The molecule has 1 aliphatic rings. The summed E-state index contributed by atoms with van der Waals surface area (Å²) in [5.41, 5.74) is 1.85. The fraction of sp³-hybridized carbons (Fsp3) is 0.471. The number of aromatic nitrogens is 5. The normalized spacial score (nSPS) is 17.1. The van der Waals surface area contributed by atoms with Crippen LogP contribution in [-0.2, 0) is 4.74 Å². The molecule has 0 spiro atoms. The quantitative estimate of drug-likeness (QED) is 0.639.